The zero-order valence-electron chi connectivity index (χ0n) is 29.5. The maximum atomic E-state index is 13.2. The van der Waals surface area contributed by atoms with E-state index in [0.717, 1.165) is 0 Å². The van der Waals surface area contributed by atoms with Gasteiger partial charge in [-0.15, -0.1) is 0 Å². The number of hydrogen-bond donors (Lipinski definition) is 8. The van der Waals surface area contributed by atoms with Crippen molar-refractivity contribution in [2.45, 2.75) is 43.2 Å². The first kappa shape index (κ1) is 38.8. The first-order valence-corrected chi connectivity index (χ1v) is 17.7. The number of hydrogen-bond acceptors (Lipinski definition) is 10. The number of H-pyrrole nitrogens is 1. The van der Waals surface area contributed by atoms with Crippen LogP contribution in [0.5, 0.6) is 17.2 Å². The summed E-state index contributed by atoms with van der Waals surface area (Å²) in [5.74, 6) is -1.77. The molecule has 1 heterocycles. The van der Waals surface area contributed by atoms with Crippen molar-refractivity contribution in [1.82, 2.24) is 20.9 Å². The number of ether oxygens (including phenoxy) is 2. The molecule has 0 spiro atoms. The van der Waals surface area contributed by atoms with Crippen LogP contribution in [0.15, 0.2) is 95.8 Å². The number of phenolic OH excluding ortho intramolecular Hbond substituents is 1. The van der Waals surface area contributed by atoms with Gasteiger partial charge in [0, 0.05) is 47.8 Å². The minimum absolute atomic E-state index is 0.0718. The van der Waals surface area contributed by atoms with Crippen molar-refractivity contribution >= 4 is 40.3 Å². The molecule has 0 saturated heterocycles. The molecule has 6 rings (SSSR count). The number of carbonyl (C=O) groups excluding carboxylic acids is 2. The SMILES string of the molecule is COc1cc(C(=O)NC2CC(NC(=O)COc3cccc(C(O)(C(=O)O)c4ccccc4)c3)C2)c(Cl)cc1CNCC(O)c1ccc(O)c2[nH]c(=O)ccc12. The molecule has 8 N–H and O–H groups in total. The van der Waals surface area contributed by atoms with Crippen LogP contribution in [-0.4, -0.2) is 75.5 Å². The van der Waals surface area contributed by atoms with Crippen molar-refractivity contribution in [2.75, 3.05) is 20.3 Å². The molecule has 55 heavy (non-hydrogen) atoms. The Labute approximate surface area is 319 Å². The van der Waals surface area contributed by atoms with Crippen molar-refractivity contribution in [2.24, 2.45) is 0 Å². The third-order valence-electron chi connectivity index (χ3n) is 9.49. The van der Waals surface area contributed by atoms with Gasteiger partial charge >= 0.3 is 5.97 Å². The summed E-state index contributed by atoms with van der Waals surface area (Å²) in [4.78, 5) is 52.2. The minimum Gasteiger partial charge on any atom is -0.506 e. The van der Waals surface area contributed by atoms with E-state index in [4.69, 9.17) is 21.1 Å². The van der Waals surface area contributed by atoms with E-state index < -0.39 is 29.5 Å². The van der Waals surface area contributed by atoms with Crippen LogP contribution in [0, 0.1) is 0 Å². The van der Waals surface area contributed by atoms with Crippen LogP contribution in [0.4, 0.5) is 0 Å². The molecule has 1 saturated carbocycles. The molecule has 2 amide bonds. The molecule has 1 aromatic heterocycles. The van der Waals surface area contributed by atoms with Crippen LogP contribution in [0.25, 0.3) is 10.9 Å². The molecule has 14 nitrogen and oxygen atoms in total. The fourth-order valence-corrected chi connectivity index (χ4v) is 6.81. The molecule has 286 valence electrons. The quantitative estimate of drug-likeness (QED) is 0.0770. The first-order valence-electron chi connectivity index (χ1n) is 17.3. The number of carboxylic acids is 1. The second-order valence-electron chi connectivity index (χ2n) is 13.2. The monoisotopic (exact) mass is 770 g/mol. The number of aliphatic carboxylic acids is 1. The van der Waals surface area contributed by atoms with Gasteiger partial charge < -0.3 is 50.8 Å². The maximum absolute atomic E-state index is 13.2. The summed E-state index contributed by atoms with van der Waals surface area (Å²) in [5, 5.41) is 51.6. The highest BCUT2D eigenvalue weighted by Gasteiger charge is 2.40. The molecule has 1 aliphatic rings. The van der Waals surface area contributed by atoms with Gasteiger partial charge in [0.15, 0.2) is 6.61 Å². The molecule has 15 heteroatoms. The summed E-state index contributed by atoms with van der Waals surface area (Å²) in [7, 11) is 1.47. The van der Waals surface area contributed by atoms with Gasteiger partial charge in [0.05, 0.1) is 29.3 Å². The Hall–Kier alpha value is -5.93. The van der Waals surface area contributed by atoms with E-state index in [0.29, 0.717) is 35.1 Å². The number of aliphatic hydroxyl groups excluding tert-OH is 1. The summed E-state index contributed by atoms with van der Waals surface area (Å²) in [6.07, 6.45) is -0.0303. The number of amides is 2. The van der Waals surface area contributed by atoms with Crippen molar-refractivity contribution in [1.29, 1.82) is 0 Å². The molecular formula is C40H39ClN4O10. The lowest BCUT2D eigenvalue weighted by Gasteiger charge is -2.36. The van der Waals surface area contributed by atoms with Gasteiger partial charge in [0.1, 0.15) is 17.2 Å². The number of pyridine rings is 1. The summed E-state index contributed by atoms with van der Waals surface area (Å²) >= 11 is 6.53. The Bertz CT molecular complexity index is 2280. The molecule has 1 fully saturated rings. The van der Waals surface area contributed by atoms with Crippen LogP contribution < -0.4 is 31.0 Å². The number of nitrogens with one attached hydrogen (secondary N) is 4. The van der Waals surface area contributed by atoms with Gasteiger partial charge in [-0.05, 0) is 60.4 Å². The Morgan fingerprint density at radius 1 is 0.945 bits per heavy atom. The predicted molar refractivity (Wildman–Crippen MR) is 202 cm³/mol. The molecule has 2 atom stereocenters. The Balaban J connectivity index is 0.975. The lowest BCUT2D eigenvalue weighted by atomic mass is 9.86. The number of fused-ring (bicyclic) bond motifs is 1. The van der Waals surface area contributed by atoms with Gasteiger partial charge in [-0.3, -0.25) is 14.4 Å². The minimum atomic E-state index is -2.31. The van der Waals surface area contributed by atoms with E-state index in [1.165, 1.54) is 61.7 Å². The number of phenols is 1. The van der Waals surface area contributed by atoms with Crippen LogP contribution >= 0.6 is 11.6 Å². The van der Waals surface area contributed by atoms with E-state index in [1.807, 2.05) is 0 Å². The second-order valence-corrected chi connectivity index (χ2v) is 13.6. The van der Waals surface area contributed by atoms with Gasteiger partial charge in [0.2, 0.25) is 11.2 Å². The maximum Gasteiger partial charge on any atom is 0.345 e. The highest BCUT2D eigenvalue weighted by atomic mass is 35.5. The number of rotatable bonds is 15. The topological polar surface area (TPSA) is 220 Å². The molecule has 5 aromatic rings. The number of methoxy groups -OCH3 is 1. The van der Waals surface area contributed by atoms with Gasteiger partial charge in [-0.1, -0.05) is 60.1 Å². The summed E-state index contributed by atoms with van der Waals surface area (Å²) in [6.45, 7) is 0.0117. The average Bonchev–Trinajstić information content (AvgIpc) is 3.16. The molecule has 4 aromatic carbocycles. The number of aromatic nitrogens is 1. The van der Waals surface area contributed by atoms with E-state index in [-0.39, 0.29) is 76.1 Å². The third-order valence-corrected chi connectivity index (χ3v) is 9.81. The van der Waals surface area contributed by atoms with E-state index in [1.54, 1.807) is 36.4 Å². The van der Waals surface area contributed by atoms with Crippen LogP contribution in [-0.2, 0) is 21.7 Å². The van der Waals surface area contributed by atoms with Crippen LogP contribution in [0.3, 0.4) is 0 Å². The van der Waals surface area contributed by atoms with Crippen molar-refractivity contribution in [3.05, 3.63) is 134 Å². The highest BCUT2D eigenvalue weighted by molar-refractivity contribution is 6.34. The molecule has 0 bridgehead atoms. The lowest BCUT2D eigenvalue weighted by Crippen LogP contribution is -2.54. The number of carbonyl (C=O) groups is 3. The van der Waals surface area contributed by atoms with Crippen LogP contribution in [0.2, 0.25) is 5.02 Å². The number of aromatic hydroxyl groups is 1. The van der Waals surface area contributed by atoms with Gasteiger partial charge in [-0.2, -0.15) is 0 Å². The number of aliphatic hydroxyl groups is 2. The van der Waals surface area contributed by atoms with Crippen molar-refractivity contribution < 1.29 is 44.3 Å². The van der Waals surface area contributed by atoms with Crippen molar-refractivity contribution in [3.63, 3.8) is 0 Å². The number of halogens is 1. The largest absolute Gasteiger partial charge is 0.506 e. The third kappa shape index (κ3) is 8.58. The zero-order valence-corrected chi connectivity index (χ0v) is 30.3. The first-order chi connectivity index (χ1) is 26.4. The second kappa shape index (κ2) is 16.6. The normalized spacial score (nSPS) is 16.7. The standard InChI is InChI=1S/C40H39ClN4O10/c1-54-34-18-30(31(41)14-22(34)19-42-20-33(47)28-10-12-32(46)37-29(28)11-13-35(48)45-37)38(50)44-26-16-25(17-26)43-36(49)21-55-27-9-5-8-24(15-27)40(53,39(51)52)23-6-3-2-4-7-23/h2-15,18,25-26,33,42,46-47,53H,16-17,19-21H2,1H3,(H,43,49)(H,44,50)(H,45,48)(H,51,52). The van der Waals surface area contributed by atoms with Crippen LogP contribution in [0.1, 0.15) is 51.6 Å². The fraction of sp³-hybridized carbons (Fsp3) is 0.250. The Morgan fingerprint density at radius 3 is 2.40 bits per heavy atom. The number of benzene rings is 4. The summed E-state index contributed by atoms with van der Waals surface area (Å²) in [5.41, 5.74) is -0.849. The summed E-state index contributed by atoms with van der Waals surface area (Å²) < 4.78 is 11.1. The Morgan fingerprint density at radius 2 is 1.67 bits per heavy atom. The van der Waals surface area contributed by atoms with Gasteiger partial charge in [-0.25, -0.2) is 4.79 Å². The number of aromatic amines is 1. The smallest absolute Gasteiger partial charge is 0.345 e. The zero-order chi connectivity index (χ0) is 39.3. The predicted octanol–water partition coefficient (Wildman–Crippen LogP) is 3.50. The summed E-state index contributed by atoms with van der Waals surface area (Å²) in [6, 6.07) is 22.5. The van der Waals surface area contributed by atoms with E-state index in [2.05, 4.69) is 20.9 Å². The van der Waals surface area contributed by atoms with E-state index in [9.17, 15) is 39.6 Å². The molecule has 1 aliphatic carbocycles. The molecule has 2 unspecified atom stereocenters. The Kier molecular flexibility index (Phi) is 11.7. The average molecular weight is 771 g/mol. The highest BCUT2D eigenvalue weighted by Crippen LogP contribution is 2.33. The number of carboxylic acid groups (broad SMARTS) is 1. The van der Waals surface area contributed by atoms with Gasteiger partial charge in [0.25, 0.3) is 11.8 Å². The van der Waals surface area contributed by atoms with Crippen molar-refractivity contribution in [3.8, 4) is 17.2 Å². The molecule has 0 aliphatic heterocycles. The molecular weight excluding hydrogens is 732 g/mol. The fourth-order valence-electron chi connectivity index (χ4n) is 6.54. The molecule has 0 radical (unpaired) electrons. The van der Waals surface area contributed by atoms with E-state index >= 15 is 0 Å². The lowest BCUT2D eigenvalue weighted by molar-refractivity contribution is -0.155.